The minimum Gasteiger partial charge on any atom is -0.469 e. The molecule has 0 spiro atoms. The van der Waals surface area contributed by atoms with E-state index in [1.165, 1.54) is 25.9 Å². The number of esters is 1. The Morgan fingerprint density at radius 3 is 2.50 bits per heavy atom. The second kappa shape index (κ2) is 7.19. The predicted octanol–water partition coefficient (Wildman–Crippen LogP) is 2.56. The maximum atomic E-state index is 13.0. The number of methoxy groups -OCH3 is 1. The van der Waals surface area contributed by atoms with Gasteiger partial charge < -0.3 is 15.0 Å². The fourth-order valence-corrected chi connectivity index (χ4v) is 2.78. The molecule has 22 heavy (non-hydrogen) atoms. The lowest BCUT2D eigenvalue weighted by Crippen LogP contribution is -2.54. The van der Waals surface area contributed by atoms with Crippen molar-refractivity contribution in [3.63, 3.8) is 0 Å². The van der Waals surface area contributed by atoms with Gasteiger partial charge in [-0.3, -0.25) is 4.79 Å². The lowest BCUT2D eigenvalue weighted by Gasteiger charge is -2.44. The Hall–Kier alpha value is -1.47. The molecule has 1 heterocycles. The third-order valence-corrected chi connectivity index (χ3v) is 3.97. The summed E-state index contributed by atoms with van der Waals surface area (Å²) in [5.74, 6) is -1.76. The van der Waals surface area contributed by atoms with Crippen LogP contribution in [0.25, 0.3) is 0 Å². The van der Waals surface area contributed by atoms with Crippen LogP contribution in [-0.4, -0.2) is 49.8 Å². The summed E-state index contributed by atoms with van der Waals surface area (Å²) in [4.78, 5) is 24.3. The average molecular weight is 324 g/mol. The van der Waals surface area contributed by atoms with Crippen molar-refractivity contribution in [1.82, 2.24) is 10.2 Å². The number of nitrogens with zero attached hydrogens (tertiary/aromatic N) is 1. The van der Waals surface area contributed by atoms with Crippen molar-refractivity contribution < 1.29 is 27.5 Å². The molecule has 1 fully saturated rings. The summed E-state index contributed by atoms with van der Waals surface area (Å²) in [5, 5.41) is 2.62. The van der Waals surface area contributed by atoms with Gasteiger partial charge in [0.2, 0.25) is 0 Å². The van der Waals surface area contributed by atoms with Gasteiger partial charge in [0.1, 0.15) is 0 Å². The normalized spacial score (nSPS) is 21.4. The van der Waals surface area contributed by atoms with Crippen LogP contribution < -0.4 is 5.32 Å². The quantitative estimate of drug-likeness (QED) is 0.639. The minimum atomic E-state index is -4.24. The maximum absolute atomic E-state index is 13.0. The minimum absolute atomic E-state index is 0.0556. The van der Waals surface area contributed by atoms with Gasteiger partial charge in [0, 0.05) is 26.1 Å². The lowest BCUT2D eigenvalue weighted by atomic mass is 9.73. The van der Waals surface area contributed by atoms with E-state index in [-0.39, 0.29) is 38.4 Å². The van der Waals surface area contributed by atoms with Crippen LogP contribution in [0.4, 0.5) is 18.0 Å². The fraction of sp³-hybridized carbons (Fsp3) is 0.857. The molecule has 1 aliphatic rings. The van der Waals surface area contributed by atoms with Gasteiger partial charge >= 0.3 is 18.2 Å². The summed E-state index contributed by atoms with van der Waals surface area (Å²) in [6.45, 7) is 3.48. The summed E-state index contributed by atoms with van der Waals surface area (Å²) in [6, 6.07) is -0.390. The van der Waals surface area contributed by atoms with E-state index in [0.717, 1.165) is 0 Å². The number of urea groups is 1. The Bertz CT molecular complexity index is 411. The number of alkyl halides is 3. The first-order valence-corrected chi connectivity index (χ1v) is 7.24. The van der Waals surface area contributed by atoms with E-state index in [0.29, 0.717) is 6.42 Å². The highest BCUT2D eigenvalue weighted by Gasteiger charge is 2.51. The molecule has 0 bridgehead atoms. The van der Waals surface area contributed by atoms with Gasteiger partial charge in [-0.2, -0.15) is 13.2 Å². The first-order chi connectivity index (χ1) is 10.1. The molecule has 0 radical (unpaired) electrons. The standard InChI is InChI=1S/C14H23F3N2O3/c1-13(2)9-19(8-6-10(13)14(15,16)17)12(21)18-7-4-5-11(20)22-3/h10H,4-9H2,1-3H3,(H,18,21). The molecular weight excluding hydrogens is 301 g/mol. The third-order valence-electron chi connectivity index (χ3n) is 3.97. The fourth-order valence-electron chi connectivity index (χ4n) is 2.78. The number of amides is 2. The van der Waals surface area contributed by atoms with Gasteiger partial charge in [0.25, 0.3) is 0 Å². The Morgan fingerprint density at radius 2 is 2.00 bits per heavy atom. The molecule has 1 atom stereocenters. The Balaban J connectivity index is 2.45. The number of likely N-dealkylation sites (tertiary alicyclic amines) is 1. The second-order valence-electron chi connectivity index (χ2n) is 6.20. The first kappa shape index (κ1) is 18.6. The zero-order valence-electron chi connectivity index (χ0n) is 13.1. The van der Waals surface area contributed by atoms with E-state index in [1.54, 1.807) is 0 Å². The highest BCUT2D eigenvalue weighted by Crippen LogP contribution is 2.44. The highest BCUT2D eigenvalue weighted by atomic mass is 19.4. The number of piperidine rings is 1. The predicted molar refractivity (Wildman–Crippen MR) is 74.2 cm³/mol. The molecule has 1 unspecified atom stereocenters. The van der Waals surface area contributed by atoms with E-state index < -0.39 is 23.5 Å². The molecule has 128 valence electrons. The smallest absolute Gasteiger partial charge is 0.392 e. The number of ether oxygens (including phenoxy) is 1. The molecule has 5 nitrogen and oxygen atoms in total. The summed E-state index contributed by atoms with van der Waals surface area (Å²) in [6.07, 6.45) is -3.71. The van der Waals surface area contributed by atoms with Crippen molar-refractivity contribution in [3.05, 3.63) is 0 Å². The molecule has 1 aliphatic heterocycles. The van der Waals surface area contributed by atoms with Crippen LogP contribution in [0.5, 0.6) is 0 Å². The van der Waals surface area contributed by atoms with Crippen molar-refractivity contribution in [1.29, 1.82) is 0 Å². The van der Waals surface area contributed by atoms with Crippen molar-refractivity contribution in [2.45, 2.75) is 39.3 Å². The molecule has 8 heteroatoms. The van der Waals surface area contributed by atoms with E-state index in [4.69, 9.17) is 0 Å². The molecule has 0 aliphatic carbocycles. The van der Waals surface area contributed by atoms with Gasteiger partial charge in [-0.05, 0) is 18.3 Å². The van der Waals surface area contributed by atoms with E-state index >= 15 is 0 Å². The molecule has 1 saturated heterocycles. The number of hydrogen-bond acceptors (Lipinski definition) is 3. The highest BCUT2D eigenvalue weighted by molar-refractivity contribution is 5.74. The SMILES string of the molecule is COC(=O)CCCNC(=O)N1CCC(C(F)(F)F)C(C)(C)C1. The summed E-state index contributed by atoms with van der Waals surface area (Å²) >= 11 is 0. The van der Waals surface area contributed by atoms with Gasteiger partial charge in [0.15, 0.2) is 0 Å². The van der Waals surface area contributed by atoms with Crippen LogP contribution in [0.15, 0.2) is 0 Å². The second-order valence-corrected chi connectivity index (χ2v) is 6.20. The number of carbonyl (C=O) groups is 2. The number of carbonyl (C=O) groups excluding carboxylic acids is 2. The molecule has 0 saturated carbocycles. The molecule has 2 amide bonds. The summed E-state index contributed by atoms with van der Waals surface area (Å²) < 4.78 is 43.4. The van der Waals surface area contributed by atoms with Crippen molar-refractivity contribution in [2.24, 2.45) is 11.3 Å². The van der Waals surface area contributed by atoms with Crippen LogP contribution in [0.1, 0.15) is 33.1 Å². The monoisotopic (exact) mass is 324 g/mol. The van der Waals surface area contributed by atoms with Crippen molar-refractivity contribution in [3.8, 4) is 0 Å². The Morgan fingerprint density at radius 1 is 1.36 bits per heavy atom. The van der Waals surface area contributed by atoms with Crippen LogP contribution in [0, 0.1) is 11.3 Å². The van der Waals surface area contributed by atoms with Crippen LogP contribution in [0.3, 0.4) is 0 Å². The Labute approximate surface area is 128 Å². The number of hydrogen-bond donors (Lipinski definition) is 1. The lowest BCUT2D eigenvalue weighted by molar-refractivity contribution is -0.214. The van der Waals surface area contributed by atoms with E-state index in [1.807, 2.05) is 0 Å². The maximum Gasteiger partial charge on any atom is 0.392 e. The third kappa shape index (κ3) is 5.06. The van der Waals surface area contributed by atoms with E-state index in [2.05, 4.69) is 10.1 Å². The van der Waals surface area contributed by atoms with Crippen LogP contribution in [0.2, 0.25) is 0 Å². The van der Waals surface area contributed by atoms with Gasteiger partial charge in [-0.1, -0.05) is 13.8 Å². The van der Waals surface area contributed by atoms with Gasteiger partial charge in [-0.15, -0.1) is 0 Å². The van der Waals surface area contributed by atoms with Crippen molar-refractivity contribution in [2.75, 3.05) is 26.7 Å². The van der Waals surface area contributed by atoms with Gasteiger partial charge in [-0.25, -0.2) is 4.79 Å². The average Bonchev–Trinajstić information content (AvgIpc) is 2.40. The van der Waals surface area contributed by atoms with Crippen LogP contribution in [-0.2, 0) is 9.53 Å². The molecule has 0 aromatic heterocycles. The number of nitrogens with one attached hydrogen (secondary N) is 1. The van der Waals surface area contributed by atoms with Crippen LogP contribution >= 0.6 is 0 Å². The molecule has 1 N–H and O–H groups in total. The van der Waals surface area contributed by atoms with Crippen molar-refractivity contribution >= 4 is 12.0 Å². The summed E-state index contributed by atoms with van der Waals surface area (Å²) in [7, 11) is 1.29. The number of rotatable bonds is 4. The molecular formula is C14H23F3N2O3. The number of halogens is 3. The van der Waals surface area contributed by atoms with Gasteiger partial charge in [0.05, 0.1) is 13.0 Å². The largest absolute Gasteiger partial charge is 0.469 e. The first-order valence-electron chi connectivity index (χ1n) is 7.24. The molecule has 0 aromatic carbocycles. The zero-order chi connectivity index (χ0) is 17.0. The molecule has 1 rings (SSSR count). The summed E-state index contributed by atoms with van der Waals surface area (Å²) in [5.41, 5.74) is -1.01. The Kier molecular flexibility index (Phi) is 6.08. The van der Waals surface area contributed by atoms with E-state index in [9.17, 15) is 22.8 Å². The zero-order valence-corrected chi connectivity index (χ0v) is 13.1. The molecule has 0 aromatic rings. The topological polar surface area (TPSA) is 58.6 Å².